The molecule has 0 radical (unpaired) electrons. The van der Waals surface area contributed by atoms with Crippen molar-refractivity contribution >= 4 is 12.0 Å². The van der Waals surface area contributed by atoms with E-state index in [1.54, 1.807) is 0 Å². The van der Waals surface area contributed by atoms with Gasteiger partial charge in [-0.1, -0.05) is 29.3 Å². The average molecular weight is 248 g/mol. The minimum Gasteiger partial charge on any atom is -0.469 e. The van der Waals surface area contributed by atoms with Gasteiger partial charge in [-0.25, -0.2) is 0 Å². The molecule has 1 rings (SSSR count). The summed E-state index contributed by atoms with van der Waals surface area (Å²) >= 11 is 0. The topological polar surface area (TPSA) is 46.5 Å². The first-order valence-corrected chi connectivity index (χ1v) is 5.93. The molecule has 3 nitrogen and oxygen atoms in total. The first-order valence-electron chi connectivity index (χ1n) is 5.93. The number of ether oxygens (including phenoxy) is 1. The smallest absolute Gasteiger partial charge is 0.309 e. The third kappa shape index (κ3) is 3.70. The highest BCUT2D eigenvalue weighted by Gasteiger charge is 2.11. The fourth-order valence-electron chi connectivity index (χ4n) is 1.94. The number of aryl methyl sites for hydroxylation is 1. The Morgan fingerprint density at radius 2 is 2.06 bits per heavy atom. The molecule has 3 heteroatoms. The van der Waals surface area contributed by atoms with Crippen LogP contribution in [0.2, 0.25) is 0 Å². The number of aliphatic hydroxyl groups excluding tert-OH is 1. The van der Waals surface area contributed by atoms with Crippen LogP contribution in [0.15, 0.2) is 17.7 Å². The lowest BCUT2D eigenvalue weighted by Gasteiger charge is -2.12. The predicted octanol–water partition coefficient (Wildman–Crippen LogP) is 2.63. The van der Waals surface area contributed by atoms with Crippen molar-refractivity contribution in [1.82, 2.24) is 0 Å². The number of carbonyl (C=O) groups excluding carboxylic acids is 1. The van der Waals surface area contributed by atoms with Crippen LogP contribution in [0.1, 0.15) is 36.1 Å². The first-order chi connectivity index (χ1) is 8.47. The lowest BCUT2D eigenvalue weighted by molar-refractivity contribution is -0.139. The van der Waals surface area contributed by atoms with Crippen LogP contribution in [-0.4, -0.2) is 18.2 Å². The Bertz CT molecular complexity index is 469. The molecule has 1 N–H and O–H groups in total. The Balaban J connectivity index is 3.28. The molecule has 0 unspecified atom stereocenters. The van der Waals surface area contributed by atoms with Gasteiger partial charge < -0.3 is 9.84 Å². The van der Waals surface area contributed by atoms with Gasteiger partial charge in [0.05, 0.1) is 20.1 Å². The van der Waals surface area contributed by atoms with E-state index in [0.717, 1.165) is 27.8 Å². The third-order valence-corrected chi connectivity index (χ3v) is 2.69. The molecule has 0 atom stereocenters. The Kier molecular flexibility index (Phi) is 5.10. The van der Waals surface area contributed by atoms with Crippen LogP contribution in [-0.2, 0) is 22.6 Å². The highest BCUT2D eigenvalue weighted by atomic mass is 16.5. The number of hydrogen-bond donors (Lipinski definition) is 1. The second kappa shape index (κ2) is 6.36. The van der Waals surface area contributed by atoms with Gasteiger partial charge in [-0.2, -0.15) is 0 Å². The number of hydrogen-bond acceptors (Lipinski definition) is 3. The molecular weight excluding hydrogens is 228 g/mol. The molecule has 1 aromatic rings. The van der Waals surface area contributed by atoms with Crippen molar-refractivity contribution in [2.75, 3.05) is 7.11 Å². The molecule has 0 heterocycles. The van der Waals surface area contributed by atoms with Gasteiger partial charge in [0.1, 0.15) is 0 Å². The summed E-state index contributed by atoms with van der Waals surface area (Å²) in [5.41, 5.74) is 4.82. The van der Waals surface area contributed by atoms with Gasteiger partial charge in [0.25, 0.3) is 0 Å². The van der Waals surface area contributed by atoms with E-state index >= 15 is 0 Å². The van der Waals surface area contributed by atoms with E-state index in [1.807, 2.05) is 39.0 Å². The molecule has 0 aliphatic heterocycles. The van der Waals surface area contributed by atoms with Crippen LogP contribution in [0.3, 0.4) is 0 Å². The molecule has 0 spiro atoms. The fraction of sp³-hybridized carbons (Fsp3) is 0.400. The minimum atomic E-state index is -0.293. The SMILES string of the molecule is COC(=O)Cc1cc(C)cc(C=C(C)C)c1CO. The number of allylic oxidation sites excluding steroid dienone is 1. The maximum Gasteiger partial charge on any atom is 0.309 e. The predicted molar refractivity (Wildman–Crippen MR) is 72.1 cm³/mol. The molecule has 0 fully saturated rings. The van der Waals surface area contributed by atoms with E-state index in [4.69, 9.17) is 0 Å². The standard InChI is InChI=1S/C15H20O3/c1-10(2)5-12-6-11(3)7-13(14(12)9-16)8-15(17)18-4/h5-7,16H,8-9H2,1-4H3. The van der Waals surface area contributed by atoms with E-state index in [9.17, 15) is 9.90 Å². The van der Waals surface area contributed by atoms with Crippen LogP contribution >= 0.6 is 0 Å². The van der Waals surface area contributed by atoms with Crippen molar-refractivity contribution in [3.05, 3.63) is 40.0 Å². The van der Waals surface area contributed by atoms with E-state index in [1.165, 1.54) is 7.11 Å². The van der Waals surface area contributed by atoms with Crippen molar-refractivity contribution in [1.29, 1.82) is 0 Å². The number of benzene rings is 1. The molecular formula is C15H20O3. The van der Waals surface area contributed by atoms with Gasteiger partial charge in [-0.05, 0) is 37.5 Å². The second-order valence-corrected chi connectivity index (χ2v) is 4.62. The number of carbonyl (C=O) groups is 1. The lowest BCUT2D eigenvalue weighted by atomic mass is 9.95. The second-order valence-electron chi connectivity index (χ2n) is 4.62. The maximum atomic E-state index is 11.4. The summed E-state index contributed by atoms with van der Waals surface area (Å²) in [4.78, 5) is 11.4. The Hall–Kier alpha value is -1.61. The van der Waals surface area contributed by atoms with E-state index in [-0.39, 0.29) is 19.0 Å². The number of methoxy groups -OCH3 is 1. The summed E-state index contributed by atoms with van der Waals surface area (Å²) < 4.78 is 4.68. The first kappa shape index (κ1) is 14.5. The zero-order valence-corrected chi connectivity index (χ0v) is 11.4. The number of esters is 1. The molecule has 0 aliphatic carbocycles. The summed E-state index contributed by atoms with van der Waals surface area (Å²) in [6.07, 6.45) is 2.21. The lowest BCUT2D eigenvalue weighted by Crippen LogP contribution is -2.08. The summed E-state index contributed by atoms with van der Waals surface area (Å²) in [7, 11) is 1.37. The van der Waals surface area contributed by atoms with E-state index in [2.05, 4.69) is 4.74 Å². The van der Waals surface area contributed by atoms with Crippen LogP contribution < -0.4 is 0 Å². The zero-order chi connectivity index (χ0) is 13.7. The monoisotopic (exact) mass is 248 g/mol. The molecule has 98 valence electrons. The maximum absolute atomic E-state index is 11.4. The molecule has 18 heavy (non-hydrogen) atoms. The Morgan fingerprint density at radius 3 is 2.56 bits per heavy atom. The molecule has 0 amide bonds. The largest absolute Gasteiger partial charge is 0.469 e. The number of rotatable bonds is 4. The van der Waals surface area contributed by atoms with Gasteiger partial charge in [0, 0.05) is 0 Å². The average Bonchev–Trinajstić information content (AvgIpc) is 2.27. The van der Waals surface area contributed by atoms with Crippen molar-refractivity contribution in [3.8, 4) is 0 Å². The van der Waals surface area contributed by atoms with E-state index in [0.29, 0.717) is 0 Å². The quantitative estimate of drug-likeness (QED) is 0.833. The highest BCUT2D eigenvalue weighted by molar-refractivity contribution is 5.74. The van der Waals surface area contributed by atoms with Crippen LogP contribution in [0, 0.1) is 6.92 Å². The summed E-state index contributed by atoms with van der Waals surface area (Å²) in [6, 6.07) is 3.93. The molecule has 0 saturated heterocycles. The molecule has 1 aromatic carbocycles. The zero-order valence-electron chi connectivity index (χ0n) is 11.4. The Labute approximate surface area is 108 Å². The van der Waals surface area contributed by atoms with Gasteiger partial charge >= 0.3 is 5.97 Å². The van der Waals surface area contributed by atoms with Crippen LogP contribution in [0.4, 0.5) is 0 Å². The summed E-state index contributed by atoms with van der Waals surface area (Å²) in [5.74, 6) is -0.293. The molecule has 0 aromatic heterocycles. The van der Waals surface area contributed by atoms with Crippen LogP contribution in [0.25, 0.3) is 6.08 Å². The number of aliphatic hydroxyl groups is 1. The van der Waals surface area contributed by atoms with Gasteiger partial charge in [0.2, 0.25) is 0 Å². The summed E-state index contributed by atoms with van der Waals surface area (Å²) in [6.45, 7) is 5.91. The molecule has 0 bridgehead atoms. The third-order valence-electron chi connectivity index (χ3n) is 2.69. The van der Waals surface area contributed by atoms with Crippen LogP contribution in [0.5, 0.6) is 0 Å². The van der Waals surface area contributed by atoms with Crippen molar-refractivity contribution < 1.29 is 14.6 Å². The van der Waals surface area contributed by atoms with Gasteiger partial charge in [-0.15, -0.1) is 0 Å². The minimum absolute atomic E-state index is 0.0777. The molecule has 0 aliphatic rings. The highest BCUT2D eigenvalue weighted by Crippen LogP contribution is 2.21. The van der Waals surface area contributed by atoms with Crippen molar-refractivity contribution in [2.24, 2.45) is 0 Å². The van der Waals surface area contributed by atoms with Gasteiger partial charge in [0.15, 0.2) is 0 Å². The summed E-state index contributed by atoms with van der Waals surface area (Å²) in [5, 5.41) is 9.51. The Morgan fingerprint density at radius 1 is 1.39 bits per heavy atom. The molecule has 0 saturated carbocycles. The van der Waals surface area contributed by atoms with E-state index < -0.39 is 0 Å². The van der Waals surface area contributed by atoms with Crippen molar-refractivity contribution in [2.45, 2.75) is 33.8 Å². The normalized spacial score (nSPS) is 10.1. The van der Waals surface area contributed by atoms with Crippen molar-refractivity contribution in [3.63, 3.8) is 0 Å². The fourth-order valence-corrected chi connectivity index (χ4v) is 1.94. The van der Waals surface area contributed by atoms with Gasteiger partial charge in [-0.3, -0.25) is 4.79 Å².